The summed E-state index contributed by atoms with van der Waals surface area (Å²) in [6.07, 6.45) is 1.26. The van der Waals surface area contributed by atoms with Crippen molar-refractivity contribution in [2.45, 2.75) is 32.4 Å². The molecule has 10 heavy (non-hydrogen) atoms. The third-order valence-electron chi connectivity index (χ3n) is 2.36. The summed E-state index contributed by atoms with van der Waals surface area (Å²) in [7, 11) is 2.21. The maximum atomic E-state index is 3.47. The van der Waals surface area contributed by atoms with Gasteiger partial charge < -0.3 is 10.2 Å². The molecule has 0 aromatic carbocycles. The lowest BCUT2D eigenvalue weighted by molar-refractivity contribution is 0.165. The Hall–Kier alpha value is -0.0800. The SMILES string of the molecule is CC[C@H]1CN[C@@H](C)CN1C. The van der Waals surface area contributed by atoms with Gasteiger partial charge in [-0.25, -0.2) is 0 Å². The Balaban J connectivity index is 2.36. The van der Waals surface area contributed by atoms with Crippen LogP contribution in [0.15, 0.2) is 0 Å². The quantitative estimate of drug-likeness (QED) is 0.579. The fourth-order valence-corrected chi connectivity index (χ4v) is 1.59. The van der Waals surface area contributed by atoms with Crippen LogP contribution < -0.4 is 5.32 Å². The van der Waals surface area contributed by atoms with E-state index in [4.69, 9.17) is 0 Å². The maximum absolute atomic E-state index is 3.47. The number of likely N-dealkylation sites (N-methyl/N-ethyl adjacent to an activating group) is 1. The van der Waals surface area contributed by atoms with Crippen molar-refractivity contribution in [1.82, 2.24) is 10.2 Å². The van der Waals surface area contributed by atoms with E-state index in [9.17, 15) is 0 Å². The fraction of sp³-hybridized carbons (Fsp3) is 1.00. The van der Waals surface area contributed by atoms with Crippen molar-refractivity contribution in [3.05, 3.63) is 0 Å². The highest BCUT2D eigenvalue weighted by Gasteiger charge is 2.20. The number of rotatable bonds is 1. The molecule has 1 rings (SSSR count). The second-order valence-corrected chi connectivity index (χ2v) is 3.31. The zero-order valence-electron chi connectivity index (χ0n) is 7.22. The normalized spacial score (nSPS) is 36.3. The lowest BCUT2D eigenvalue weighted by Gasteiger charge is -2.36. The van der Waals surface area contributed by atoms with E-state index in [2.05, 4.69) is 31.1 Å². The highest BCUT2D eigenvalue weighted by atomic mass is 15.2. The topological polar surface area (TPSA) is 15.3 Å². The van der Waals surface area contributed by atoms with Crippen LogP contribution in [0.25, 0.3) is 0 Å². The molecule has 2 atom stereocenters. The Morgan fingerprint density at radius 3 is 2.80 bits per heavy atom. The van der Waals surface area contributed by atoms with Crippen molar-refractivity contribution in [1.29, 1.82) is 0 Å². The molecular formula is C8H18N2. The van der Waals surface area contributed by atoms with Gasteiger partial charge in [-0.05, 0) is 20.4 Å². The highest BCUT2D eigenvalue weighted by molar-refractivity contribution is 4.80. The summed E-state index contributed by atoms with van der Waals surface area (Å²) in [5.41, 5.74) is 0. The molecule has 1 fully saturated rings. The molecule has 1 heterocycles. The van der Waals surface area contributed by atoms with Crippen molar-refractivity contribution >= 4 is 0 Å². The second-order valence-electron chi connectivity index (χ2n) is 3.31. The first-order chi connectivity index (χ1) is 4.74. The molecule has 60 valence electrons. The van der Waals surface area contributed by atoms with Crippen LogP contribution in [0.3, 0.4) is 0 Å². The average molecular weight is 142 g/mol. The molecule has 1 aliphatic heterocycles. The molecule has 0 spiro atoms. The summed E-state index contributed by atoms with van der Waals surface area (Å²) >= 11 is 0. The molecule has 0 unspecified atom stereocenters. The lowest BCUT2D eigenvalue weighted by Crippen LogP contribution is -2.53. The summed E-state index contributed by atoms with van der Waals surface area (Å²) in [4.78, 5) is 2.45. The van der Waals surface area contributed by atoms with E-state index in [-0.39, 0.29) is 0 Å². The van der Waals surface area contributed by atoms with Crippen molar-refractivity contribution < 1.29 is 0 Å². The molecule has 0 radical (unpaired) electrons. The third-order valence-corrected chi connectivity index (χ3v) is 2.36. The number of nitrogens with one attached hydrogen (secondary N) is 1. The lowest BCUT2D eigenvalue weighted by atomic mass is 10.1. The standard InChI is InChI=1S/C8H18N2/c1-4-8-5-9-7(2)6-10(8)3/h7-9H,4-6H2,1-3H3/t7-,8-/m0/s1. The predicted octanol–water partition coefficient (Wildman–Crippen LogP) is 0.689. The smallest absolute Gasteiger partial charge is 0.0215 e. The van der Waals surface area contributed by atoms with Gasteiger partial charge in [0.1, 0.15) is 0 Å². The molecule has 1 aliphatic rings. The molecule has 0 bridgehead atoms. The monoisotopic (exact) mass is 142 g/mol. The molecule has 0 aromatic rings. The molecular weight excluding hydrogens is 124 g/mol. The highest BCUT2D eigenvalue weighted by Crippen LogP contribution is 2.06. The van der Waals surface area contributed by atoms with E-state index in [1.165, 1.54) is 13.0 Å². The fourth-order valence-electron chi connectivity index (χ4n) is 1.59. The third kappa shape index (κ3) is 1.70. The molecule has 0 aromatic heterocycles. The Bertz CT molecular complexity index is 103. The predicted molar refractivity (Wildman–Crippen MR) is 44.2 cm³/mol. The maximum Gasteiger partial charge on any atom is 0.0215 e. The Morgan fingerprint density at radius 1 is 1.60 bits per heavy atom. The second kappa shape index (κ2) is 3.35. The number of nitrogens with zero attached hydrogens (tertiary/aromatic N) is 1. The summed E-state index contributed by atoms with van der Waals surface area (Å²) in [6, 6.07) is 1.43. The Morgan fingerprint density at radius 2 is 2.30 bits per heavy atom. The van der Waals surface area contributed by atoms with Crippen LogP contribution in [-0.2, 0) is 0 Å². The summed E-state index contributed by atoms with van der Waals surface area (Å²) in [5, 5.41) is 3.47. The average Bonchev–Trinajstić information content (AvgIpc) is 1.88. The van der Waals surface area contributed by atoms with Crippen LogP contribution >= 0.6 is 0 Å². The van der Waals surface area contributed by atoms with Crippen LogP contribution in [0, 0.1) is 0 Å². The van der Waals surface area contributed by atoms with Crippen LogP contribution in [0.4, 0.5) is 0 Å². The van der Waals surface area contributed by atoms with Gasteiger partial charge in [-0.15, -0.1) is 0 Å². The van der Waals surface area contributed by atoms with Gasteiger partial charge in [0, 0.05) is 25.2 Å². The van der Waals surface area contributed by atoms with Crippen LogP contribution in [0.5, 0.6) is 0 Å². The van der Waals surface area contributed by atoms with Gasteiger partial charge in [-0.3, -0.25) is 0 Å². The minimum atomic E-state index is 0.674. The van der Waals surface area contributed by atoms with Crippen molar-refractivity contribution in [3.8, 4) is 0 Å². The molecule has 1 saturated heterocycles. The van der Waals surface area contributed by atoms with Crippen molar-refractivity contribution in [2.75, 3.05) is 20.1 Å². The first-order valence-electron chi connectivity index (χ1n) is 4.17. The van der Waals surface area contributed by atoms with Gasteiger partial charge in [0.05, 0.1) is 0 Å². The zero-order valence-corrected chi connectivity index (χ0v) is 7.22. The van der Waals surface area contributed by atoms with Gasteiger partial charge in [0.25, 0.3) is 0 Å². The van der Waals surface area contributed by atoms with E-state index >= 15 is 0 Å². The Kier molecular flexibility index (Phi) is 2.69. The van der Waals surface area contributed by atoms with Crippen molar-refractivity contribution in [3.63, 3.8) is 0 Å². The van der Waals surface area contributed by atoms with Crippen LogP contribution in [-0.4, -0.2) is 37.1 Å². The molecule has 1 N–H and O–H groups in total. The van der Waals surface area contributed by atoms with E-state index in [1.807, 2.05) is 0 Å². The minimum Gasteiger partial charge on any atom is -0.311 e. The summed E-state index contributed by atoms with van der Waals surface area (Å²) in [5.74, 6) is 0. The van der Waals surface area contributed by atoms with Crippen molar-refractivity contribution in [2.24, 2.45) is 0 Å². The van der Waals surface area contributed by atoms with Crippen LogP contribution in [0.2, 0.25) is 0 Å². The summed E-state index contributed by atoms with van der Waals surface area (Å²) in [6.45, 7) is 6.84. The molecule has 2 heteroatoms. The number of piperazine rings is 1. The van der Waals surface area contributed by atoms with Gasteiger partial charge in [0.15, 0.2) is 0 Å². The van der Waals surface area contributed by atoms with E-state index in [1.54, 1.807) is 0 Å². The van der Waals surface area contributed by atoms with Gasteiger partial charge in [0.2, 0.25) is 0 Å². The molecule has 2 nitrogen and oxygen atoms in total. The zero-order chi connectivity index (χ0) is 7.56. The first-order valence-corrected chi connectivity index (χ1v) is 4.17. The van der Waals surface area contributed by atoms with Gasteiger partial charge in [-0.2, -0.15) is 0 Å². The largest absolute Gasteiger partial charge is 0.311 e. The number of hydrogen-bond acceptors (Lipinski definition) is 2. The van der Waals surface area contributed by atoms with E-state index < -0.39 is 0 Å². The minimum absolute atomic E-state index is 0.674. The van der Waals surface area contributed by atoms with Crippen LogP contribution in [0.1, 0.15) is 20.3 Å². The number of hydrogen-bond donors (Lipinski definition) is 1. The van der Waals surface area contributed by atoms with Gasteiger partial charge in [-0.1, -0.05) is 6.92 Å². The molecule has 0 saturated carbocycles. The molecule has 0 aliphatic carbocycles. The first kappa shape index (κ1) is 8.02. The van der Waals surface area contributed by atoms with E-state index in [0.29, 0.717) is 6.04 Å². The van der Waals surface area contributed by atoms with Gasteiger partial charge >= 0.3 is 0 Å². The summed E-state index contributed by atoms with van der Waals surface area (Å²) < 4.78 is 0. The van der Waals surface area contributed by atoms with E-state index in [0.717, 1.165) is 12.6 Å². The Labute approximate surface area is 63.6 Å². The molecule has 0 amide bonds.